The molecule has 0 unspecified atom stereocenters. The Labute approximate surface area is 108 Å². The lowest BCUT2D eigenvalue weighted by atomic mass is 9.77. The Kier molecular flexibility index (Phi) is 2.77. The third-order valence-corrected chi connectivity index (χ3v) is 4.19. The number of rotatable bonds is 2. The number of aromatic hydroxyl groups is 1. The summed E-state index contributed by atoms with van der Waals surface area (Å²) in [7, 11) is 0. The Morgan fingerprint density at radius 3 is 2.56 bits per heavy atom. The quantitative estimate of drug-likeness (QED) is 0.788. The van der Waals surface area contributed by atoms with E-state index in [2.05, 4.69) is 32.0 Å². The summed E-state index contributed by atoms with van der Waals surface area (Å²) in [6.07, 6.45) is 3.99. The largest absolute Gasteiger partial charge is 0.508 e. The average molecular weight is 240 g/mol. The van der Waals surface area contributed by atoms with Crippen molar-refractivity contribution in [1.82, 2.24) is 0 Å². The molecule has 1 fully saturated rings. The fourth-order valence-corrected chi connectivity index (χ4v) is 2.99. The third-order valence-electron chi connectivity index (χ3n) is 4.19. The number of phenolic OH excluding ortho intramolecular Hbond substituents is 1. The van der Waals surface area contributed by atoms with E-state index >= 15 is 0 Å². The zero-order valence-corrected chi connectivity index (χ0v) is 11.1. The van der Waals surface area contributed by atoms with Crippen LogP contribution in [0.5, 0.6) is 5.75 Å². The number of fused-ring (bicyclic) bond motifs is 1. The lowest BCUT2D eigenvalue weighted by Crippen LogP contribution is -2.10. The van der Waals surface area contributed by atoms with E-state index in [0.717, 1.165) is 5.92 Å². The van der Waals surface area contributed by atoms with E-state index in [9.17, 15) is 5.11 Å². The third kappa shape index (κ3) is 1.78. The highest BCUT2D eigenvalue weighted by Gasteiger charge is 2.23. The van der Waals surface area contributed by atoms with Gasteiger partial charge in [0, 0.05) is 0 Å². The standard InChI is InChI=1S/C17H20O/c1-11(2)16-10-14(18)9-13-7-4-8-15(17(13)16)12-5-3-6-12/h4,7-12,18H,3,5-6H2,1-2H3. The molecular weight excluding hydrogens is 220 g/mol. The fraction of sp³-hybridized carbons (Fsp3) is 0.412. The maximum absolute atomic E-state index is 9.86. The van der Waals surface area contributed by atoms with Crippen molar-refractivity contribution in [2.75, 3.05) is 0 Å². The van der Waals surface area contributed by atoms with Crippen LogP contribution in [0.4, 0.5) is 0 Å². The first-order valence-corrected chi connectivity index (χ1v) is 6.92. The topological polar surface area (TPSA) is 20.2 Å². The van der Waals surface area contributed by atoms with Gasteiger partial charge in [0.25, 0.3) is 0 Å². The van der Waals surface area contributed by atoms with Crippen LogP contribution in [-0.4, -0.2) is 5.11 Å². The van der Waals surface area contributed by atoms with Gasteiger partial charge in [0.05, 0.1) is 0 Å². The number of phenols is 1. The van der Waals surface area contributed by atoms with Crippen LogP contribution in [0.2, 0.25) is 0 Å². The Bertz CT molecular complexity index is 579. The predicted molar refractivity (Wildman–Crippen MR) is 76.3 cm³/mol. The monoisotopic (exact) mass is 240 g/mol. The van der Waals surface area contributed by atoms with Gasteiger partial charge in [0.2, 0.25) is 0 Å². The van der Waals surface area contributed by atoms with Gasteiger partial charge >= 0.3 is 0 Å². The highest BCUT2D eigenvalue weighted by molar-refractivity contribution is 5.91. The normalized spacial score (nSPS) is 16.2. The molecular formula is C17H20O. The molecule has 1 aliphatic carbocycles. The zero-order chi connectivity index (χ0) is 12.7. The second kappa shape index (κ2) is 4.31. The predicted octanol–water partition coefficient (Wildman–Crippen LogP) is 4.94. The molecule has 1 N–H and O–H groups in total. The summed E-state index contributed by atoms with van der Waals surface area (Å²) >= 11 is 0. The van der Waals surface area contributed by atoms with Crippen LogP contribution in [0.1, 0.15) is 56.1 Å². The highest BCUT2D eigenvalue weighted by atomic mass is 16.3. The Hall–Kier alpha value is -1.50. The van der Waals surface area contributed by atoms with Crippen molar-refractivity contribution in [3.8, 4) is 5.75 Å². The van der Waals surface area contributed by atoms with Crippen LogP contribution < -0.4 is 0 Å². The second-order valence-electron chi connectivity index (χ2n) is 5.76. The molecule has 2 aromatic carbocycles. The maximum atomic E-state index is 9.86. The lowest BCUT2D eigenvalue weighted by molar-refractivity contribution is 0.422. The first-order chi connectivity index (χ1) is 8.66. The molecule has 1 saturated carbocycles. The fourth-order valence-electron chi connectivity index (χ4n) is 2.99. The van der Waals surface area contributed by atoms with Crippen molar-refractivity contribution in [3.05, 3.63) is 41.5 Å². The van der Waals surface area contributed by atoms with E-state index in [-0.39, 0.29) is 0 Å². The molecule has 0 aliphatic heterocycles. The molecule has 0 spiro atoms. The first-order valence-electron chi connectivity index (χ1n) is 6.92. The van der Waals surface area contributed by atoms with Gasteiger partial charge in [-0.25, -0.2) is 0 Å². The average Bonchev–Trinajstić information content (AvgIpc) is 2.25. The van der Waals surface area contributed by atoms with Crippen LogP contribution in [-0.2, 0) is 0 Å². The molecule has 1 nitrogen and oxygen atoms in total. The number of benzene rings is 2. The molecule has 0 heterocycles. The zero-order valence-electron chi connectivity index (χ0n) is 11.1. The molecule has 18 heavy (non-hydrogen) atoms. The molecule has 1 aliphatic rings. The summed E-state index contributed by atoms with van der Waals surface area (Å²) in [6, 6.07) is 10.3. The van der Waals surface area contributed by atoms with Gasteiger partial charge in [-0.1, -0.05) is 38.5 Å². The van der Waals surface area contributed by atoms with Crippen molar-refractivity contribution in [2.24, 2.45) is 0 Å². The van der Waals surface area contributed by atoms with Crippen LogP contribution >= 0.6 is 0 Å². The first kappa shape index (κ1) is 11.6. The molecule has 94 valence electrons. The molecule has 0 aromatic heterocycles. The summed E-state index contributed by atoms with van der Waals surface area (Å²) in [5, 5.41) is 12.4. The Morgan fingerprint density at radius 2 is 1.94 bits per heavy atom. The minimum atomic E-state index is 0.386. The minimum Gasteiger partial charge on any atom is -0.508 e. The van der Waals surface area contributed by atoms with Gasteiger partial charge in [-0.3, -0.25) is 0 Å². The second-order valence-corrected chi connectivity index (χ2v) is 5.76. The van der Waals surface area contributed by atoms with E-state index in [0.29, 0.717) is 11.7 Å². The van der Waals surface area contributed by atoms with Gasteiger partial charge in [-0.15, -0.1) is 0 Å². The summed E-state index contributed by atoms with van der Waals surface area (Å²) in [4.78, 5) is 0. The summed E-state index contributed by atoms with van der Waals surface area (Å²) in [5.74, 6) is 1.56. The van der Waals surface area contributed by atoms with Crippen LogP contribution in [0.15, 0.2) is 30.3 Å². The SMILES string of the molecule is CC(C)c1cc(O)cc2cccc(C3CCC3)c12. The Morgan fingerprint density at radius 1 is 1.17 bits per heavy atom. The molecule has 0 atom stereocenters. The number of hydrogen-bond donors (Lipinski definition) is 1. The van der Waals surface area contributed by atoms with Crippen molar-refractivity contribution in [2.45, 2.75) is 44.9 Å². The van der Waals surface area contributed by atoms with Crippen LogP contribution in [0, 0.1) is 0 Å². The lowest BCUT2D eigenvalue weighted by Gasteiger charge is -2.28. The molecule has 0 bridgehead atoms. The van der Waals surface area contributed by atoms with Crippen molar-refractivity contribution >= 4 is 10.8 Å². The highest BCUT2D eigenvalue weighted by Crippen LogP contribution is 2.42. The molecule has 0 radical (unpaired) electrons. The Balaban J connectivity index is 2.29. The van der Waals surface area contributed by atoms with Gasteiger partial charge in [0.15, 0.2) is 0 Å². The van der Waals surface area contributed by atoms with Gasteiger partial charge < -0.3 is 5.11 Å². The van der Waals surface area contributed by atoms with E-state index in [4.69, 9.17) is 0 Å². The molecule has 3 rings (SSSR count). The van der Waals surface area contributed by atoms with Crippen molar-refractivity contribution in [3.63, 3.8) is 0 Å². The van der Waals surface area contributed by atoms with Gasteiger partial charge in [-0.2, -0.15) is 0 Å². The van der Waals surface area contributed by atoms with Crippen molar-refractivity contribution < 1.29 is 5.11 Å². The minimum absolute atomic E-state index is 0.386. The van der Waals surface area contributed by atoms with E-state index in [1.807, 2.05) is 12.1 Å². The molecule has 0 amide bonds. The molecule has 2 aromatic rings. The van der Waals surface area contributed by atoms with E-state index in [1.165, 1.54) is 41.2 Å². The molecule has 1 heteroatoms. The summed E-state index contributed by atoms with van der Waals surface area (Å²) in [5.41, 5.74) is 2.77. The summed E-state index contributed by atoms with van der Waals surface area (Å²) < 4.78 is 0. The maximum Gasteiger partial charge on any atom is 0.116 e. The van der Waals surface area contributed by atoms with Gasteiger partial charge in [0.1, 0.15) is 5.75 Å². The van der Waals surface area contributed by atoms with E-state index < -0.39 is 0 Å². The smallest absolute Gasteiger partial charge is 0.116 e. The van der Waals surface area contributed by atoms with Crippen LogP contribution in [0.3, 0.4) is 0 Å². The van der Waals surface area contributed by atoms with Crippen LogP contribution in [0.25, 0.3) is 10.8 Å². The number of hydrogen-bond acceptors (Lipinski definition) is 1. The van der Waals surface area contributed by atoms with E-state index in [1.54, 1.807) is 0 Å². The van der Waals surface area contributed by atoms with Crippen molar-refractivity contribution in [1.29, 1.82) is 0 Å². The van der Waals surface area contributed by atoms with Gasteiger partial charge in [-0.05, 0) is 58.7 Å². The molecule has 0 saturated heterocycles. The summed E-state index contributed by atoms with van der Waals surface area (Å²) in [6.45, 7) is 4.40.